The molecule has 0 radical (unpaired) electrons. The Morgan fingerprint density at radius 2 is 2.11 bits per heavy atom. The fraction of sp³-hybridized carbons (Fsp3) is 0.600. The Bertz CT molecular complexity index is 317. The van der Waals surface area contributed by atoms with Crippen LogP contribution in [0.25, 0.3) is 0 Å². The highest BCUT2D eigenvalue weighted by molar-refractivity contribution is 7.99. The molecule has 2 nitrogen and oxygen atoms in total. The summed E-state index contributed by atoms with van der Waals surface area (Å²) in [5.74, 6) is 1.14. The van der Waals surface area contributed by atoms with Crippen molar-refractivity contribution in [1.82, 2.24) is 5.32 Å². The van der Waals surface area contributed by atoms with Gasteiger partial charge in [-0.3, -0.25) is 0 Å². The number of aliphatic hydroxyl groups excluding tert-OH is 1. The van der Waals surface area contributed by atoms with E-state index in [2.05, 4.69) is 36.5 Å². The number of hydrogen-bond donors (Lipinski definition) is 2. The largest absolute Gasteiger partial charge is 0.396 e. The first kappa shape index (κ1) is 15.5. The standard InChI is InChI=1S/C15H25NOS/c1-2-9-16-13-14-7-6-8-15(12-14)18-11-5-3-4-10-17/h6-8,12,16-17H,2-5,9-11,13H2,1H3. The average Bonchev–Trinajstić information content (AvgIpc) is 2.39. The van der Waals surface area contributed by atoms with Crippen molar-refractivity contribution in [2.75, 3.05) is 18.9 Å². The lowest BCUT2D eigenvalue weighted by Gasteiger charge is -2.06. The summed E-state index contributed by atoms with van der Waals surface area (Å²) in [4.78, 5) is 1.36. The third-order valence-corrected chi connectivity index (χ3v) is 3.81. The fourth-order valence-electron chi connectivity index (χ4n) is 1.74. The van der Waals surface area contributed by atoms with Crippen molar-refractivity contribution in [3.63, 3.8) is 0 Å². The summed E-state index contributed by atoms with van der Waals surface area (Å²) in [5.41, 5.74) is 1.36. The minimum absolute atomic E-state index is 0.323. The van der Waals surface area contributed by atoms with Crippen LogP contribution in [0.3, 0.4) is 0 Å². The van der Waals surface area contributed by atoms with E-state index in [1.165, 1.54) is 23.3 Å². The SMILES string of the molecule is CCCNCc1cccc(SCCCCCO)c1. The summed E-state index contributed by atoms with van der Waals surface area (Å²) < 4.78 is 0. The monoisotopic (exact) mass is 267 g/mol. The number of aliphatic hydroxyl groups is 1. The third-order valence-electron chi connectivity index (χ3n) is 2.73. The van der Waals surface area contributed by atoms with Gasteiger partial charge >= 0.3 is 0 Å². The van der Waals surface area contributed by atoms with E-state index in [0.29, 0.717) is 6.61 Å². The van der Waals surface area contributed by atoms with Crippen LogP contribution in [0, 0.1) is 0 Å². The first-order valence-electron chi connectivity index (χ1n) is 6.90. The van der Waals surface area contributed by atoms with E-state index in [4.69, 9.17) is 5.11 Å². The minimum atomic E-state index is 0.323. The van der Waals surface area contributed by atoms with Gasteiger partial charge in [-0.15, -0.1) is 11.8 Å². The molecule has 0 bridgehead atoms. The molecule has 18 heavy (non-hydrogen) atoms. The van der Waals surface area contributed by atoms with Crippen molar-refractivity contribution < 1.29 is 5.11 Å². The molecule has 0 unspecified atom stereocenters. The first-order valence-corrected chi connectivity index (χ1v) is 7.88. The second-order valence-corrected chi connectivity index (χ2v) is 5.63. The normalized spacial score (nSPS) is 10.8. The Labute approximate surface area is 115 Å². The number of unbranched alkanes of at least 4 members (excludes halogenated alkanes) is 2. The van der Waals surface area contributed by atoms with E-state index in [9.17, 15) is 0 Å². The Hall–Kier alpha value is -0.510. The van der Waals surface area contributed by atoms with Crippen molar-refractivity contribution in [3.05, 3.63) is 29.8 Å². The zero-order chi connectivity index (χ0) is 13.1. The van der Waals surface area contributed by atoms with Crippen LogP contribution in [0.4, 0.5) is 0 Å². The van der Waals surface area contributed by atoms with Gasteiger partial charge in [0, 0.05) is 18.0 Å². The van der Waals surface area contributed by atoms with Gasteiger partial charge in [0.15, 0.2) is 0 Å². The maximum atomic E-state index is 8.71. The van der Waals surface area contributed by atoms with Gasteiger partial charge in [0.2, 0.25) is 0 Å². The molecule has 0 fully saturated rings. The molecule has 1 aromatic carbocycles. The molecule has 0 amide bonds. The Morgan fingerprint density at radius 3 is 2.89 bits per heavy atom. The van der Waals surface area contributed by atoms with E-state index in [1.54, 1.807) is 0 Å². The van der Waals surface area contributed by atoms with E-state index in [0.717, 1.165) is 31.7 Å². The van der Waals surface area contributed by atoms with Crippen molar-refractivity contribution in [2.45, 2.75) is 44.0 Å². The van der Waals surface area contributed by atoms with Gasteiger partial charge in [0.05, 0.1) is 0 Å². The molecule has 1 rings (SSSR count). The number of benzene rings is 1. The highest BCUT2D eigenvalue weighted by Gasteiger charge is 1.97. The van der Waals surface area contributed by atoms with Crippen LogP contribution in [-0.4, -0.2) is 24.0 Å². The van der Waals surface area contributed by atoms with Crippen molar-refractivity contribution >= 4 is 11.8 Å². The van der Waals surface area contributed by atoms with Gasteiger partial charge in [0.25, 0.3) is 0 Å². The van der Waals surface area contributed by atoms with Gasteiger partial charge in [-0.25, -0.2) is 0 Å². The van der Waals surface area contributed by atoms with Crippen molar-refractivity contribution in [1.29, 1.82) is 0 Å². The van der Waals surface area contributed by atoms with E-state index >= 15 is 0 Å². The summed E-state index contributed by atoms with van der Waals surface area (Å²) in [6.07, 6.45) is 4.42. The molecule has 0 aliphatic heterocycles. The lowest BCUT2D eigenvalue weighted by molar-refractivity contribution is 0.284. The zero-order valence-corrected chi connectivity index (χ0v) is 12.1. The molecule has 0 aliphatic carbocycles. The predicted molar refractivity (Wildman–Crippen MR) is 80.1 cm³/mol. The topological polar surface area (TPSA) is 32.3 Å². The molecule has 102 valence electrons. The number of hydrogen-bond acceptors (Lipinski definition) is 3. The molecule has 3 heteroatoms. The number of thioether (sulfide) groups is 1. The van der Waals surface area contributed by atoms with Gasteiger partial charge in [0.1, 0.15) is 0 Å². The average molecular weight is 267 g/mol. The van der Waals surface area contributed by atoms with Gasteiger partial charge in [-0.05, 0) is 49.3 Å². The van der Waals surface area contributed by atoms with Crippen molar-refractivity contribution in [3.8, 4) is 0 Å². The molecule has 1 aromatic rings. The molecule has 0 atom stereocenters. The summed E-state index contributed by atoms with van der Waals surface area (Å²) in [5, 5.41) is 12.1. The van der Waals surface area contributed by atoms with E-state index in [1.807, 2.05) is 11.8 Å². The zero-order valence-electron chi connectivity index (χ0n) is 11.3. The van der Waals surface area contributed by atoms with Gasteiger partial charge in [-0.1, -0.05) is 25.5 Å². The third kappa shape index (κ3) is 7.04. The van der Waals surface area contributed by atoms with Crippen LogP contribution in [0.5, 0.6) is 0 Å². The van der Waals surface area contributed by atoms with Crippen LogP contribution >= 0.6 is 11.8 Å². The summed E-state index contributed by atoms with van der Waals surface area (Å²) in [6.45, 7) is 4.56. The van der Waals surface area contributed by atoms with Gasteiger partial charge in [-0.2, -0.15) is 0 Å². The number of nitrogens with one attached hydrogen (secondary N) is 1. The summed E-state index contributed by atoms with van der Waals surface area (Å²) in [6, 6.07) is 8.77. The van der Waals surface area contributed by atoms with Crippen LogP contribution < -0.4 is 5.32 Å². The molecule has 0 saturated carbocycles. The molecule has 0 saturated heterocycles. The molecule has 0 spiro atoms. The Balaban J connectivity index is 2.26. The molecule has 0 aromatic heterocycles. The van der Waals surface area contributed by atoms with E-state index < -0.39 is 0 Å². The Morgan fingerprint density at radius 1 is 1.22 bits per heavy atom. The maximum absolute atomic E-state index is 8.71. The maximum Gasteiger partial charge on any atom is 0.0431 e. The molecule has 2 N–H and O–H groups in total. The van der Waals surface area contributed by atoms with E-state index in [-0.39, 0.29) is 0 Å². The lowest BCUT2D eigenvalue weighted by atomic mass is 10.2. The fourth-order valence-corrected chi connectivity index (χ4v) is 2.73. The van der Waals surface area contributed by atoms with Crippen LogP contribution in [0.15, 0.2) is 29.2 Å². The molecular formula is C15H25NOS. The van der Waals surface area contributed by atoms with Crippen LogP contribution in [-0.2, 0) is 6.54 Å². The summed E-state index contributed by atoms with van der Waals surface area (Å²) in [7, 11) is 0. The lowest BCUT2D eigenvalue weighted by Crippen LogP contribution is -2.13. The van der Waals surface area contributed by atoms with Crippen LogP contribution in [0.2, 0.25) is 0 Å². The second-order valence-electron chi connectivity index (χ2n) is 4.46. The molecular weight excluding hydrogens is 242 g/mol. The molecule has 0 heterocycles. The highest BCUT2D eigenvalue weighted by atomic mass is 32.2. The second kappa shape index (κ2) is 10.4. The highest BCUT2D eigenvalue weighted by Crippen LogP contribution is 2.20. The Kier molecular flexibility index (Phi) is 9.00. The smallest absolute Gasteiger partial charge is 0.0431 e. The quantitative estimate of drug-likeness (QED) is 0.503. The van der Waals surface area contributed by atoms with Crippen molar-refractivity contribution in [2.24, 2.45) is 0 Å². The van der Waals surface area contributed by atoms with Crippen LogP contribution in [0.1, 0.15) is 38.2 Å². The first-order chi connectivity index (χ1) is 8.86. The predicted octanol–water partition coefficient (Wildman–Crippen LogP) is 3.44. The minimum Gasteiger partial charge on any atom is -0.396 e. The number of rotatable bonds is 10. The van der Waals surface area contributed by atoms with Gasteiger partial charge < -0.3 is 10.4 Å². The summed E-state index contributed by atoms with van der Waals surface area (Å²) >= 11 is 1.91. The molecule has 0 aliphatic rings.